The minimum absolute atomic E-state index is 0.144. The van der Waals surface area contributed by atoms with Crippen molar-refractivity contribution in [3.63, 3.8) is 0 Å². The number of aliphatic carboxylic acids is 2. The Labute approximate surface area is 149 Å². The van der Waals surface area contributed by atoms with Crippen molar-refractivity contribution in [1.82, 2.24) is 0 Å². The number of ether oxygens (including phenoxy) is 1. The monoisotopic (exact) mass is 380 g/mol. The van der Waals surface area contributed by atoms with E-state index in [4.69, 9.17) is 9.29 Å². The van der Waals surface area contributed by atoms with Gasteiger partial charge in [-0.15, -0.1) is 0 Å². The third-order valence-electron chi connectivity index (χ3n) is 3.86. The van der Waals surface area contributed by atoms with Crippen LogP contribution in [0.3, 0.4) is 0 Å². The van der Waals surface area contributed by atoms with Crippen molar-refractivity contribution >= 4 is 22.1 Å². The number of carboxylic acids is 2. The summed E-state index contributed by atoms with van der Waals surface area (Å²) in [5, 5.41) is 19.0. The molecule has 0 bridgehead atoms. The lowest BCUT2D eigenvalue weighted by Crippen LogP contribution is -2.56. The van der Waals surface area contributed by atoms with E-state index in [0.717, 1.165) is 25.7 Å². The van der Waals surface area contributed by atoms with Gasteiger partial charge in [-0.25, -0.2) is 0 Å². The van der Waals surface area contributed by atoms with E-state index in [0.29, 0.717) is 6.42 Å². The van der Waals surface area contributed by atoms with Crippen LogP contribution in [0.1, 0.15) is 71.1 Å². The van der Waals surface area contributed by atoms with Gasteiger partial charge in [0.15, 0.2) is 5.25 Å². The molecule has 0 heterocycles. The first kappa shape index (κ1) is 23.8. The zero-order valence-corrected chi connectivity index (χ0v) is 15.5. The minimum Gasteiger partial charge on any atom is -0.549 e. The third kappa shape index (κ3) is 11.1. The number of carboxylic acid groups (broad SMARTS) is 2. The highest BCUT2D eigenvalue weighted by Crippen LogP contribution is 2.12. The van der Waals surface area contributed by atoms with Gasteiger partial charge in [0.1, 0.15) is 6.10 Å². The first-order valence-electron chi connectivity index (χ1n) is 8.71. The number of carbonyl (C=O) groups is 2. The lowest BCUT2D eigenvalue weighted by atomic mass is 10.1. The highest BCUT2D eigenvalue weighted by Gasteiger charge is 2.35. The molecule has 0 aliphatic carbocycles. The molecule has 0 aromatic rings. The van der Waals surface area contributed by atoms with Crippen molar-refractivity contribution in [3.05, 3.63) is 0 Å². The van der Waals surface area contributed by atoms with E-state index in [1.165, 1.54) is 32.1 Å². The maximum absolute atomic E-state index is 11.0. The molecule has 8 nitrogen and oxygen atoms in total. The Bertz CT molecular complexity index is 488. The molecule has 2 unspecified atom stereocenters. The van der Waals surface area contributed by atoms with Gasteiger partial charge >= 0.3 is 0 Å². The molecule has 148 valence electrons. The predicted molar refractivity (Wildman–Crippen MR) is 86.9 cm³/mol. The van der Waals surface area contributed by atoms with Gasteiger partial charge in [-0.05, 0) is 6.42 Å². The summed E-state index contributed by atoms with van der Waals surface area (Å²) < 4.78 is 35.6. The molecule has 9 heteroatoms. The maximum atomic E-state index is 11.0. The van der Waals surface area contributed by atoms with Gasteiger partial charge < -0.3 is 24.5 Å². The van der Waals surface area contributed by atoms with Crippen LogP contribution in [-0.2, 0) is 24.4 Å². The lowest BCUT2D eigenvalue weighted by Gasteiger charge is -2.26. The summed E-state index contributed by atoms with van der Waals surface area (Å²) >= 11 is 0. The van der Waals surface area contributed by atoms with Crippen molar-refractivity contribution in [3.8, 4) is 0 Å². The second-order valence-electron chi connectivity index (χ2n) is 6.05. The molecule has 0 fully saturated rings. The topological polar surface area (TPSA) is 144 Å². The first-order chi connectivity index (χ1) is 11.7. The van der Waals surface area contributed by atoms with Gasteiger partial charge in [0.05, 0.1) is 11.9 Å². The number of hydrogen-bond donors (Lipinski definition) is 1. The highest BCUT2D eigenvalue weighted by atomic mass is 32.2. The summed E-state index contributed by atoms with van der Waals surface area (Å²) in [6.45, 7) is 2.02. The van der Waals surface area contributed by atoms with Gasteiger partial charge in [-0.3, -0.25) is 4.55 Å². The summed E-state index contributed by atoms with van der Waals surface area (Å²) in [7, 11) is -5.18. The summed E-state index contributed by atoms with van der Waals surface area (Å²) in [5.74, 6) is -4.28. The predicted octanol–water partition coefficient (Wildman–Crippen LogP) is 0.0487. The highest BCUT2D eigenvalue weighted by molar-refractivity contribution is 7.87. The smallest absolute Gasteiger partial charge is 0.276 e. The molecule has 0 spiro atoms. The van der Waals surface area contributed by atoms with Crippen LogP contribution in [0.15, 0.2) is 0 Å². The summed E-state index contributed by atoms with van der Waals surface area (Å²) in [4.78, 5) is 21.7. The van der Waals surface area contributed by atoms with Gasteiger partial charge in [-0.2, -0.15) is 8.42 Å². The lowest BCUT2D eigenvalue weighted by molar-refractivity contribution is -0.325. The molecular weight excluding hydrogens is 352 g/mol. The van der Waals surface area contributed by atoms with Crippen LogP contribution < -0.4 is 10.2 Å². The summed E-state index contributed by atoms with van der Waals surface area (Å²) in [6, 6.07) is 0. The van der Waals surface area contributed by atoms with E-state index in [9.17, 15) is 28.2 Å². The van der Waals surface area contributed by atoms with Crippen LogP contribution in [0.25, 0.3) is 0 Å². The standard InChI is InChI=1S/C16H30O8S/c1-2-3-4-5-6-7-8-9-10-11-12-24-13(15(17)18)14(16(19)20)25(21,22)23/h13-14H,2-12H2,1H3,(H,17,18)(H,19,20)(H,21,22,23)/p-2. The van der Waals surface area contributed by atoms with Crippen molar-refractivity contribution in [2.75, 3.05) is 6.61 Å². The Balaban J connectivity index is 4.03. The minimum atomic E-state index is -5.18. The molecule has 0 saturated heterocycles. The van der Waals surface area contributed by atoms with E-state index in [2.05, 4.69) is 6.92 Å². The second kappa shape index (κ2) is 13.1. The van der Waals surface area contributed by atoms with Crippen LogP contribution in [0.4, 0.5) is 0 Å². The van der Waals surface area contributed by atoms with Crippen LogP contribution in [0, 0.1) is 0 Å². The third-order valence-corrected chi connectivity index (χ3v) is 4.94. The Hall–Kier alpha value is -1.19. The van der Waals surface area contributed by atoms with Crippen molar-refractivity contribution in [1.29, 1.82) is 0 Å². The summed E-state index contributed by atoms with van der Waals surface area (Å²) in [5.41, 5.74) is 0. The first-order valence-corrected chi connectivity index (χ1v) is 10.2. The zero-order valence-electron chi connectivity index (χ0n) is 14.6. The Morgan fingerprint density at radius 1 is 0.880 bits per heavy atom. The summed E-state index contributed by atoms with van der Waals surface area (Å²) in [6.07, 6.45) is 8.12. The van der Waals surface area contributed by atoms with E-state index < -0.39 is 33.4 Å². The van der Waals surface area contributed by atoms with Gasteiger partial charge in [0, 0.05) is 6.61 Å². The number of unbranched alkanes of at least 4 members (excludes halogenated alkanes) is 9. The van der Waals surface area contributed by atoms with Crippen LogP contribution in [0.2, 0.25) is 0 Å². The molecule has 2 atom stereocenters. The molecule has 0 aliphatic heterocycles. The number of hydrogen-bond acceptors (Lipinski definition) is 7. The van der Waals surface area contributed by atoms with E-state index in [1.54, 1.807) is 0 Å². The van der Waals surface area contributed by atoms with Crippen molar-refractivity contribution < 1.29 is 37.5 Å². The number of carbonyl (C=O) groups excluding carboxylic acids is 2. The van der Waals surface area contributed by atoms with Crippen LogP contribution in [-0.4, -0.2) is 42.9 Å². The van der Waals surface area contributed by atoms with Crippen molar-refractivity contribution in [2.45, 2.75) is 82.5 Å². The van der Waals surface area contributed by atoms with Gasteiger partial charge in [0.2, 0.25) is 0 Å². The molecule has 0 rings (SSSR count). The molecule has 1 N–H and O–H groups in total. The molecule has 0 radical (unpaired) electrons. The second-order valence-corrected chi connectivity index (χ2v) is 7.58. The Kier molecular flexibility index (Phi) is 12.5. The normalized spacial score (nSPS) is 14.2. The molecule has 0 aromatic heterocycles. The fraction of sp³-hybridized carbons (Fsp3) is 0.875. The van der Waals surface area contributed by atoms with E-state index in [-0.39, 0.29) is 6.61 Å². The van der Waals surface area contributed by atoms with Crippen molar-refractivity contribution in [2.24, 2.45) is 0 Å². The molecule has 0 aliphatic rings. The van der Waals surface area contributed by atoms with Crippen LogP contribution in [0.5, 0.6) is 0 Å². The van der Waals surface area contributed by atoms with E-state index in [1.807, 2.05) is 0 Å². The average molecular weight is 380 g/mol. The maximum Gasteiger partial charge on any atom is 0.276 e. The number of rotatable bonds is 16. The Morgan fingerprint density at radius 3 is 1.68 bits per heavy atom. The average Bonchev–Trinajstić information content (AvgIpc) is 2.49. The zero-order chi connectivity index (χ0) is 19.3. The SMILES string of the molecule is CCCCCCCCCCCCOC(C(=O)[O-])C(C(=O)[O-])S(=O)(=O)O. The van der Waals surface area contributed by atoms with Gasteiger partial charge in [0.25, 0.3) is 10.1 Å². The van der Waals surface area contributed by atoms with E-state index >= 15 is 0 Å². The molecule has 0 saturated carbocycles. The molecular formula is C16H28O8S-2. The van der Waals surface area contributed by atoms with Gasteiger partial charge in [-0.1, -0.05) is 64.7 Å². The largest absolute Gasteiger partial charge is 0.549 e. The Morgan fingerprint density at radius 2 is 1.32 bits per heavy atom. The van der Waals surface area contributed by atoms with Crippen LogP contribution >= 0.6 is 0 Å². The molecule has 0 aromatic carbocycles. The fourth-order valence-corrected chi connectivity index (χ4v) is 3.23. The quantitative estimate of drug-likeness (QED) is 0.292. The molecule has 0 amide bonds. The molecule has 25 heavy (non-hydrogen) atoms. The fourth-order valence-electron chi connectivity index (χ4n) is 2.48.